The molecule has 2 unspecified atom stereocenters. The molecule has 0 aliphatic carbocycles. The van der Waals surface area contributed by atoms with Crippen molar-refractivity contribution in [3.63, 3.8) is 0 Å². The normalized spacial score (nSPS) is 28.9. The van der Waals surface area contributed by atoms with Gasteiger partial charge in [0.15, 0.2) is 0 Å². The third-order valence-electron chi connectivity index (χ3n) is 1.91. The zero-order chi connectivity index (χ0) is 8.27. The molecule has 0 saturated carbocycles. The number of hydrazone groups is 1. The Morgan fingerprint density at radius 3 is 2.91 bits per heavy atom. The number of hydrogen-bond donors (Lipinski definition) is 0. The molecule has 0 saturated heterocycles. The first-order chi connectivity index (χ1) is 5.24. The van der Waals surface area contributed by atoms with Crippen LogP contribution in [-0.4, -0.2) is 30.6 Å². The lowest BCUT2D eigenvalue weighted by molar-refractivity contribution is 0.344. The van der Waals surface area contributed by atoms with Crippen LogP contribution in [0, 0.1) is 5.92 Å². The minimum atomic E-state index is 0.658. The molecule has 0 aromatic heterocycles. The molecule has 1 aliphatic heterocycles. The maximum atomic E-state index is 3.83. The molecule has 0 spiro atoms. The molecule has 3 heteroatoms. The molecule has 0 aromatic rings. The van der Waals surface area contributed by atoms with E-state index >= 15 is 0 Å². The van der Waals surface area contributed by atoms with E-state index in [4.69, 9.17) is 0 Å². The maximum absolute atomic E-state index is 3.83. The Balaban J connectivity index is 2.33. The van der Waals surface area contributed by atoms with Crippen molar-refractivity contribution in [1.82, 2.24) is 5.01 Å². The summed E-state index contributed by atoms with van der Waals surface area (Å²) in [6, 6.07) is 0. The van der Waals surface area contributed by atoms with Crippen LogP contribution in [0.1, 0.15) is 6.92 Å². The van der Waals surface area contributed by atoms with E-state index in [-0.39, 0.29) is 0 Å². The lowest BCUT2D eigenvalue weighted by atomic mass is 10.1. The van der Waals surface area contributed by atoms with E-state index < -0.39 is 0 Å². The van der Waals surface area contributed by atoms with E-state index in [1.165, 1.54) is 0 Å². The average Bonchev–Trinajstić information content (AvgIpc) is 2.37. The predicted octanol–water partition coefficient (Wildman–Crippen LogP) is 1.80. The van der Waals surface area contributed by atoms with Gasteiger partial charge in [0, 0.05) is 25.6 Å². The first kappa shape index (κ1) is 8.65. The number of nitrogens with zero attached hydrogens (tertiary/aromatic N) is 2. The van der Waals surface area contributed by atoms with Crippen LogP contribution in [-0.2, 0) is 0 Å². The molecular formula is C8H14N2S. The quantitative estimate of drug-likeness (QED) is 0.474. The summed E-state index contributed by atoms with van der Waals surface area (Å²) in [7, 11) is 1.96. The van der Waals surface area contributed by atoms with Gasteiger partial charge in [-0.3, -0.25) is 5.01 Å². The van der Waals surface area contributed by atoms with E-state index in [0.29, 0.717) is 11.2 Å². The Hall–Kier alpha value is -0.440. The van der Waals surface area contributed by atoms with Crippen molar-refractivity contribution in [2.75, 3.05) is 13.6 Å². The highest BCUT2D eigenvalue weighted by atomic mass is 32.2. The van der Waals surface area contributed by atoms with Crippen LogP contribution in [0.25, 0.3) is 0 Å². The molecule has 0 radical (unpaired) electrons. The highest BCUT2D eigenvalue weighted by molar-refractivity contribution is 8.03. The maximum Gasteiger partial charge on any atom is 0.0484 e. The van der Waals surface area contributed by atoms with Gasteiger partial charge in [0.25, 0.3) is 0 Å². The van der Waals surface area contributed by atoms with Crippen LogP contribution in [0.15, 0.2) is 16.6 Å². The number of hydrogen-bond acceptors (Lipinski definition) is 3. The smallest absolute Gasteiger partial charge is 0.0484 e. The first-order valence-corrected chi connectivity index (χ1v) is 4.68. The van der Waals surface area contributed by atoms with Gasteiger partial charge in [-0.15, -0.1) is 11.8 Å². The summed E-state index contributed by atoms with van der Waals surface area (Å²) in [5, 5.41) is 8.55. The van der Waals surface area contributed by atoms with Crippen LogP contribution >= 0.6 is 11.8 Å². The van der Waals surface area contributed by atoms with Gasteiger partial charge in [0.1, 0.15) is 0 Å². The van der Waals surface area contributed by atoms with Gasteiger partial charge in [-0.2, -0.15) is 5.10 Å². The van der Waals surface area contributed by atoms with Crippen molar-refractivity contribution in [2.24, 2.45) is 11.0 Å². The molecule has 0 aromatic carbocycles. The Kier molecular flexibility index (Phi) is 3.00. The summed E-state index contributed by atoms with van der Waals surface area (Å²) >= 11 is 1.88. The molecular weight excluding hydrogens is 156 g/mol. The molecule has 11 heavy (non-hydrogen) atoms. The standard InChI is InChI=1S/C8H14N2S/c1-7-4-5-11-8(7)6-10(3)9-2/h4-5,7-8H,2,6H2,1,3H3. The molecule has 1 rings (SSSR count). The molecule has 0 bridgehead atoms. The first-order valence-electron chi connectivity index (χ1n) is 3.74. The molecule has 2 nitrogen and oxygen atoms in total. The van der Waals surface area contributed by atoms with Crippen molar-refractivity contribution in [3.05, 3.63) is 11.5 Å². The third kappa shape index (κ3) is 2.26. The van der Waals surface area contributed by atoms with E-state index in [1.54, 1.807) is 0 Å². The van der Waals surface area contributed by atoms with Gasteiger partial charge in [0.2, 0.25) is 0 Å². The summed E-state index contributed by atoms with van der Waals surface area (Å²) in [6.45, 7) is 6.70. The number of rotatable bonds is 3. The topological polar surface area (TPSA) is 15.6 Å². The van der Waals surface area contributed by atoms with Gasteiger partial charge in [-0.1, -0.05) is 13.0 Å². The van der Waals surface area contributed by atoms with Crippen molar-refractivity contribution < 1.29 is 0 Å². The van der Waals surface area contributed by atoms with Crippen molar-refractivity contribution in [1.29, 1.82) is 0 Å². The monoisotopic (exact) mass is 170 g/mol. The molecule has 62 valence electrons. The van der Waals surface area contributed by atoms with Crippen LogP contribution in [0.3, 0.4) is 0 Å². The lowest BCUT2D eigenvalue weighted by Crippen LogP contribution is -2.25. The van der Waals surface area contributed by atoms with Crippen molar-refractivity contribution in [2.45, 2.75) is 12.2 Å². The summed E-state index contributed by atoms with van der Waals surface area (Å²) in [5.41, 5.74) is 0. The van der Waals surface area contributed by atoms with Crippen LogP contribution in [0.5, 0.6) is 0 Å². The number of thioether (sulfide) groups is 1. The average molecular weight is 170 g/mol. The fourth-order valence-electron chi connectivity index (χ4n) is 1.05. The van der Waals surface area contributed by atoms with E-state index in [2.05, 4.69) is 30.2 Å². The Labute approximate surface area is 72.3 Å². The van der Waals surface area contributed by atoms with Gasteiger partial charge in [-0.05, 0) is 11.3 Å². The second kappa shape index (κ2) is 3.81. The Bertz CT molecular complexity index is 167. The molecule has 0 amide bonds. The third-order valence-corrected chi connectivity index (χ3v) is 3.15. The van der Waals surface area contributed by atoms with Crippen LogP contribution in [0.4, 0.5) is 0 Å². The van der Waals surface area contributed by atoms with Crippen molar-refractivity contribution in [3.8, 4) is 0 Å². The SMILES string of the molecule is C=NN(C)CC1SC=CC1C. The van der Waals surface area contributed by atoms with E-state index in [9.17, 15) is 0 Å². The summed E-state index contributed by atoms with van der Waals surface area (Å²) in [5.74, 6) is 0.671. The van der Waals surface area contributed by atoms with Gasteiger partial charge < -0.3 is 0 Å². The molecule has 1 aliphatic rings. The largest absolute Gasteiger partial charge is 0.300 e. The fraction of sp³-hybridized carbons (Fsp3) is 0.625. The van der Waals surface area contributed by atoms with Crippen LogP contribution < -0.4 is 0 Å². The lowest BCUT2D eigenvalue weighted by Gasteiger charge is -2.19. The van der Waals surface area contributed by atoms with E-state index in [1.807, 2.05) is 23.8 Å². The zero-order valence-corrected chi connectivity index (χ0v) is 7.84. The van der Waals surface area contributed by atoms with Crippen molar-refractivity contribution >= 4 is 18.5 Å². The van der Waals surface area contributed by atoms with E-state index in [0.717, 1.165) is 6.54 Å². The molecule has 1 heterocycles. The summed E-state index contributed by atoms with van der Waals surface area (Å²) in [4.78, 5) is 0. The Morgan fingerprint density at radius 2 is 2.45 bits per heavy atom. The summed E-state index contributed by atoms with van der Waals surface area (Å²) < 4.78 is 0. The van der Waals surface area contributed by atoms with Gasteiger partial charge in [0.05, 0.1) is 0 Å². The fourth-order valence-corrected chi connectivity index (χ4v) is 2.23. The summed E-state index contributed by atoms with van der Waals surface area (Å²) in [6.07, 6.45) is 2.24. The van der Waals surface area contributed by atoms with Crippen LogP contribution in [0.2, 0.25) is 0 Å². The van der Waals surface area contributed by atoms with Gasteiger partial charge >= 0.3 is 0 Å². The Morgan fingerprint density at radius 1 is 1.73 bits per heavy atom. The minimum absolute atomic E-state index is 0.658. The molecule has 0 fully saturated rings. The zero-order valence-electron chi connectivity index (χ0n) is 7.03. The predicted molar refractivity (Wildman–Crippen MR) is 51.9 cm³/mol. The molecule has 2 atom stereocenters. The highest BCUT2D eigenvalue weighted by Crippen LogP contribution is 2.29. The minimum Gasteiger partial charge on any atom is -0.300 e. The highest BCUT2D eigenvalue weighted by Gasteiger charge is 2.20. The second-order valence-electron chi connectivity index (χ2n) is 2.84. The van der Waals surface area contributed by atoms with Gasteiger partial charge in [-0.25, -0.2) is 0 Å². The second-order valence-corrected chi connectivity index (χ2v) is 3.99. The number of allylic oxidation sites excluding steroid dienone is 1. The molecule has 0 N–H and O–H groups in total.